The van der Waals surface area contributed by atoms with E-state index in [-0.39, 0.29) is 12.1 Å². The molecule has 120 valence electrons. The van der Waals surface area contributed by atoms with Crippen LogP contribution in [0.25, 0.3) is 0 Å². The van der Waals surface area contributed by atoms with Crippen molar-refractivity contribution in [2.24, 2.45) is 0 Å². The second-order valence-electron chi connectivity index (χ2n) is 5.64. The largest absolute Gasteiger partial charge is 0.494 e. The van der Waals surface area contributed by atoms with Crippen molar-refractivity contribution in [3.63, 3.8) is 0 Å². The predicted octanol–water partition coefficient (Wildman–Crippen LogP) is 2.74. The number of likely N-dealkylation sites (N-methyl/N-ethyl adjacent to an activating group) is 1. The number of benzene rings is 1. The van der Waals surface area contributed by atoms with Crippen molar-refractivity contribution in [1.82, 2.24) is 5.32 Å². The number of methoxy groups -OCH3 is 1. The van der Waals surface area contributed by atoms with Crippen LogP contribution in [-0.2, 0) is 11.3 Å². The van der Waals surface area contributed by atoms with Gasteiger partial charge in [-0.15, -0.1) is 0 Å². The molecule has 0 aliphatic carbocycles. The van der Waals surface area contributed by atoms with Gasteiger partial charge in [0.25, 0.3) is 0 Å². The van der Waals surface area contributed by atoms with E-state index in [1.54, 1.807) is 7.11 Å². The Hall–Kier alpha value is -1.10. The van der Waals surface area contributed by atoms with Gasteiger partial charge in [-0.3, -0.25) is 0 Å². The first-order chi connectivity index (χ1) is 10.1. The van der Waals surface area contributed by atoms with Crippen molar-refractivity contribution in [3.8, 4) is 5.75 Å². The molecule has 0 fully saturated rings. The van der Waals surface area contributed by atoms with E-state index in [0.717, 1.165) is 37.1 Å². The third kappa shape index (κ3) is 6.93. The Morgan fingerprint density at radius 2 is 2.10 bits per heavy atom. The van der Waals surface area contributed by atoms with Gasteiger partial charge < -0.3 is 19.9 Å². The van der Waals surface area contributed by atoms with E-state index in [1.807, 2.05) is 24.3 Å². The first kappa shape index (κ1) is 18.0. The predicted molar refractivity (Wildman–Crippen MR) is 85.7 cm³/mol. The lowest BCUT2D eigenvalue weighted by Crippen LogP contribution is -2.45. The molecule has 1 atom stereocenters. The Morgan fingerprint density at radius 1 is 1.29 bits per heavy atom. The average Bonchev–Trinajstić information content (AvgIpc) is 2.48. The molecule has 1 aromatic rings. The van der Waals surface area contributed by atoms with E-state index in [2.05, 4.69) is 19.2 Å². The minimum Gasteiger partial charge on any atom is -0.494 e. The van der Waals surface area contributed by atoms with Crippen LogP contribution in [0.2, 0.25) is 0 Å². The van der Waals surface area contributed by atoms with Gasteiger partial charge >= 0.3 is 0 Å². The van der Waals surface area contributed by atoms with Crippen LogP contribution in [0.4, 0.5) is 0 Å². The summed E-state index contributed by atoms with van der Waals surface area (Å²) >= 11 is 0. The SMILES string of the molecule is CCNC(C)(CO)CCCCOc1cccc(COC)c1. The van der Waals surface area contributed by atoms with Crippen molar-refractivity contribution in [3.05, 3.63) is 29.8 Å². The Bertz CT molecular complexity index is 397. The summed E-state index contributed by atoms with van der Waals surface area (Å²) in [5.74, 6) is 0.890. The second-order valence-corrected chi connectivity index (χ2v) is 5.64. The van der Waals surface area contributed by atoms with Crippen molar-refractivity contribution < 1.29 is 14.6 Å². The second kappa shape index (κ2) is 9.77. The molecule has 0 bridgehead atoms. The normalized spacial score (nSPS) is 13.9. The molecule has 0 amide bonds. The molecular formula is C17H29NO3. The highest BCUT2D eigenvalue weighted by atomic mass is 16.5. The van der Waals surface area contributed by atoms with Crippen LogP contribution in [0.5, 0.6) is 5.75 Å². The van der Waals surface area contributed by atoms with Gasteiger partial charge in [-0.05, 0) is 50.4 Å². The zero-order valence-electron chi connectivity index (χ0n) is 13.5. The van der Waals surface area contributed by atoms with E-state index < -0.39 is 0 Å². The first-order valence-corrected chi connectivity index (χ1v) is 7.70. The number of aliphatic hydroxyl groups excluding tert-OH is 1. The lowest BCUT2D eigenvalue weighted by Gasteiger charge is -2.28. The van der Waals surface area contributed by atoms with Crippen LogP contribution in [0.15, 0.2) is 24.3 Å². The molecule has 4 heteroatoms. The van der Waals surface area contributed by atoms with Crippen LogP contribution in [0, 0.1) is 0 Å². The maximum absolute atomic E-state index is 9.43. The van der Waals surface area contributed by atoms with Gasteiger partial charge in [0.2, 0.25) is 0 Å². The summed E-state index contributed by atoms with van der Waals surface area (Å²) in [6, 6.07) is 7.99. The summed E-state index contributed by atoms with van der Waals surface area (Å²) in [5.41, 5.74) is 0.947. The number of aliphatic hydroxyl groups is 1. The molecule has 2 N–H and O–H groups in total. The molecule has 0 radical (unpaired) electrons. The van der Waals surface area contributed by atoms with E-state index in [1.165, 1.54) is 0 Å². The maximum atomic E-state index is 9.43. The fourth-order valence-electron chi connectivity index (χ4n) is 2.35. The summed E-state index contributed by atoms with van der Waals surface area (Å²) in [7, 11) is 1.69. The molecule has 0 heterocycles. The third-order valence-corrected chi connectivity index (χ3v) is 3.55. The Labute approximate surface area is 128 Å². The van der Waals surface area contributed by atoms with Crippen LogP contribution < -0.4 is 10.1 Å². The smallest absolute Gasteiger partial charge is 0.119 e. The van der Waals surface area contributed by atoms with Gasteiger partial charge in [0.05, 0.1) is 19.8 Å². The number of hydrogen-bond acceptors (Lipinski definition) is 4. The molecule has 0 aliphatic heterocycles. The van der Waals surface area contributed by atoms with Crippen molar-refractivity contribution in [1.29, 1.82) is 0 Å². The Balaban J connectivity index is 2.26. The molecule has 21 heavy (non-hydrogen) atoms. The summed E-state index contributed by atoms with van der Waals surface area (Å²) in [5, 5.41) is 12.8. The molecule has 4 nitrogen and oxygen atoms in total. The molecule has 1 unspecified atom stereocenters. The molecule has 0 saturated heterocycles. The standard InChI is InChI=1S/C17H29NO3/c1-4-18-17(2,14-19)10-5-6-11-21-16-9-7-8-15(12-16)13-20-3/h7-9,12,18-19H,4-6,10-11,13-14H2,1-3H3. The third-order valence-electron chi connectivity index (χ3n) is 3.55. The zero-order valence-corrected chi connectivity index (χ0v) is 13.5. The lowest BCUT2D eigenvalue weighted by atomic mass is 9.96. The first-order valence-electron chi connectivity index (χ1n) is 7.70. The molecule has 1 rings (SSSR count). The number of rotatable bonds is 11. The summed E-state index contributed by atoms with van der Waals surface area (Å²) in [4.78, 5) is 0. The van der Waals surface area contributed by atoms with E-state index >= 15 is 0 Å². The number of unbranched alkanes of at least 4 members (excludes halogenated alkanes) is 1. The highest BCUT2D eigenvalue weighted by Crippen LogP contribution is 2.16. The van der Waals surface area contributed by atoms with Gasteiger partial charge in [-0.1, -0.05) is 19.1 Å². The highest BCUT2D eigenvalue weighted by Gasteiger charge is 2.20. The van der Waals surface area contributed by atoms with Gasteiger partial charge in [-0.2, -0.15) is 0 Å². The maximum Gasteiger partial charge on any atom is 0.119 e. The number of hydrogen-bond donors (Lipinski definition) is 2. The molecule has 0 aliphatic rings. The van der Waals surface area contributed by atoms with Crippen LogP contribution in [-0.4, -0.2) is 37.5 Å². The van der Waals surface area contributed by atoms with Gasteiger partial charge in [0.1, 0.15) is 5.75 Å². The Morgan fingerprint density at radius 3 is 2.76 bits per heavy atom. The molecule has 0 saturated carbocycles. The van der Waals surface area contributed by atoms with Gasteiger partial charge in [0.15, 0.2) is 0 Å². The molecular weight excluding hydrogens is 266 g/mol. The van der Waals surface area contributed by atoms with Crippen molar-refractivity contribution in [2.75, 3.05) is 26.9 Å². The Kier molecular flexibility index (Phi) is 8.35. The highest BCUT2D eigenvalue weighted by molar-refractivity contribution is 5.28. The fourth-order valence-corrected chi connectivity index (χ4v) is 2.35. The van der Waals surface area contributed by atoms with Crippen LogP contribution in [0.3, 0.4) is 0 Å². The monoisotopic (exact) mass is 295 g/mol. The summed E-state index contributed by atoms with van der Waals surface area (Å²) in [6.07, 6.45) is 2.96. The lowest BCUT2D eigenvalue weighted by molar-refractivity contribution is 0.162. The quantitative estimate of drug-likeness (QED) is 0.616. The summed E-state index contributed by atoms with van der Waals surface area (Å²) < 4.78 is 10.9. The van der Waals surface area contributed by atoms with E-state index in [0.29, 0.717) is 13.2 Å². The topological polar surface area (TPSA) is 50.7 Å². The average molecular weight is 295 g/mol. The molecule has 0 aromatic heterocycles. The minimum absolute atomic E-state index is 0.167. The summed E-state index contributed by atoms with van der Waals surface area (Å²) in [6.45, 7) is 6.47. The molecule has 0 spiro atoms. The number of nitrogens with one attached hydrogen (secondary N) is 1. The minimum atomic E-state index is -0.173. The van der Waals surface area contributed by atoms with Crippen molar-refractivity contribution in [2.45, 2.75) is 45.3 Å². The van der Waals surface area contributed by atoms with Gasteiger partial charge in [-0.25, -0.2) is 0 Å². The fraction of sp³-hybridized carbons (Fsp3) is 0.647. The van der Waals surface area contributed by atoms with Crippen LogP contribution >= 0.6 is 0 Å². The van der Waals surface area contributed by atoms with Crippen LogP contribution in [0.1, 0.15) is 38.7 Å². The van der Waals surface area contributed by atoms with E-state index in [4.69, 9.17) is 9.47 Å². The molecule has 1 aromatic carbocycles. The number of ether oxygens (including phenoxy) is 2. The van der Waals surface area contributed by atoms with E-state index in [9.17, 15) is 5.11 Å². The zero-order chi connectivity index (χ0) is 15.6. The van der Waals surface area contributed by atoms with Crippen molar-refractivity contribution >= 4 is 0 Å². The van der Waals surface area contributed by atoms with Gasteiger partial charge in [0, 0.05) is 12.6 Å².